The topological polar surface area (TPSA) is 114 Å². The second-order valence-corrected chi connectivity index (χ2v) is 7.78. The van der Waals surface area contributed by atoms with E-state index in [9.17, 15) is 14.4 Å². The monoisotopic (exact) mass is 440 g/mol. The van der Waals surface area contributed by atoms with E-state index < -0.39 is 30.1 Å². The Morgan fingerprint density at radius 1 is 1.03 bits per heavy atom. The van der Waals surface area contributed by atoms with E-state index in [1.54, 1.807) is 0 Å². The highest BCUT2D eigenvalue weighted by molar-refractivity contribution is 5.79. The minimum atomic E-state index is -1.19. The minimum Gasteiger partial charge on any atom is -0.479 e. The van der Waals surface area contributed by atoms with Gasteiger partial charge in [0.05, 0.1) is 0 Å². The van der Waals surface area contributed by atoms with Crippen LogP contribution in [0.4, 0.5) is 4.79 Å². The van der Waals surface area contributed by atoms with E-state index in [0.29, 0.717) is 6.42 Å². The van der Waals surface area contributed by atoms with Gasteiger partial charge in [-0.15, -0.1) is 0 Å². The summed E-state index contributed by atoms with van der Waals surface area (Å²) in [6.45, 7) is 3.43. The number of carbonyl (C=O) groups excluding carboxylic acids is 2. The van der Waals surface area contributed by atoms with Gasteiger partial charge in [-0.3, -0.25) is 9.63 Å². The normalized spacial score (nSPS) is 14.1. The van der Waals surface area contributed by atoms with Gasteiger partial charge in [0.1, 0.15) is 6.61 Å². The molecule has 0 saturated heterocycles. The maximum atomic E-state index is 12.5. The van der Waals surface area contributed by atoms with Crippen molar-refractivity contribution in [2.45, 2.75) is 51.2 Å². The van der Waals surface area contributed by atoms with Gasteiger partial charge in [0.2, 0.25) is 5.91 Å². The van der Waals surface area contributed by atoms with Crippen molar-refractivity contribution < 1.29 is 29.1 Å². The molecule has 0 bridgehead atoms. The molecule has 2 aromatic rings. The summed E-state index contributed by atoms with van der Waals surface area (Å²) in [7, 11) is 0. The van der Waals surface area contributed by atoms with Crippen molar-refractivity contribution >= 4 is 18.0 Å². The highest BCUT2D eigenvalue weighted by Gasteiger charge is 2.29. The van der Waals surface area contributed by atoms with Crippen LogP contribution in [-0.2, 0) is 19.2 Å². The number of carbonyl (C=O) groups is 3. The molecular formula is C24H28N2O6. The Kier molecular flexibility index (Phi) is 7.83. The first-order valence-corrected chi connectivity index (χ1v) is 10.7. The van der Waals surface area contributed by atoms with E-state index in [1.165, 1.54) is 6.92 Å². The number of amides is 2. The second-order valence-electron chi connectivity index (χ2n) is 7.78. The Morgan fingerprint density at radius 2 is 1.62 bits per heavy atom. The lowest BCUT2D eigenvalue weighted by Gasteiger charge is -2.19. The Balaban J connectivity index is 1.56. The van der Waals surface area contributed by atoms with Crippen LogP contribution >= 0.6 is 0 Å². The summed E-state index contributed by atoms with van der Waals surface area (Å²) < 4.78 is 5.54. The van der Waals surface area contributed by atoms with Crippen LogP contribution in [0.1, 0.15) is 50.2 Å². The second kappa shape index (κ2) is 10.8. The molecule has 8 nitrogen and oxygen atoms in total. The van der Waals surface area contributed by atoms with E-state index >= 15 is 0 Å². The molecule has 0 aromatic heterocycles. The average molecular weight is 440 g/mol. The summed E-state index contributed by atoms with van der Waals surface area (Å²) in [5.41, 5.74) is 6.65. The fourth-order valence-electron chi connectivity index (χ4n) is 3.85. The number of hydrogen-bond donors (Lipinski definition) is 3. The van der Waals surface area contributed by atoms with Crippen LogP contribution in [-0.4, -0.2) is 41.8 Å². The first kappa shape index (κ1) is 23.3. The summed E-state index contributed by atoms with van der Waals surface area (Å²) in [6.07, 6.45) is -0.513. The van der Waals surface area contributed by atoms with Crippen LogP contribution in [0.15, 0.2) is 48.5 Å². The van der Waals surface area contributed by atoms with Gasteiger partial charge in [-0.05, 0) is 35.6 Å². The first-order valence-electron chi connectivity index (χ1n) is 10.7. The van der Waals surface area contributed by atoms with Crippen molar-refractivity contribution in [3.8, 4) is 11.1 Å². The maximum absolute atomic E-state index is 12.5. The Morgan fingerprint density at radius 3 is 2.19 bits per heavy atom. The van der Waals surface area contributed by atoms with Crippen LogP contribution in [0.2, 0.25) is 0 Å². The van der Waals surface area contributed by atoms with Crippen molar-refractivity contribution in [3.05, 3.63) is 59.7 Å². The molecule has 1 unspecified atom stereocenters. The van der Waals surface area contributed by atoms with Crippen molar-refractivity contribution in [3.63, 3.8) is 0 Å². The summed E-state index contributed by atoms with van der Waals surface area (Å²) >= 11 is 0. The molecule has 3 rings (SSSR count). The Hall–Kier alpha value is -3.39. The number of alkyl carbamates (subject to hydrolysis) is 1. The van der Waals surface area contributed by atoms with E-state index in [0.717, 1.165) is 28.7 Å². The molecule has 2 atom stereocenters. The molecular weight excluding hydrogens is 412 g/mol. The van der Waals surface area contributed by atoms with Crippen LogP contribution in [0.3, 0.4) is 0 Å². The van der Waals surface area contributed by atoms with Crippen LogP contribution in [0.5, 0.6) is 0 Å². The van der Waals surface area contributed by atoms with Crippen LogP contribution < -0.4 is 10.8 Å². The zero-order valence-corrected chi connectivity index (χ0v) is 18.2. The zero-order valence-electron chi connectivity index (χ0n) is 18.2. The lowest BCUT2D eigenvalue weighted by Crippen LogP contribution is -2.41. The number of hydroxylamine groups is 1. The number of benzene rings is 2. The number of nitrogens with one attached hydrogen (secondary N) is 2. The number of ether oxygens (including phenoxy) is 1. The molecule has 0 spiro atoms. The van der Waals surface area contributed by atoms with Crippen molar-refractivity contribution in [2.75, 3.05) is 6.61 Å². The molecule has 3 N–H and O–H groups in total. The molecule has 2 amide bonds. The first-order chi connectivity index (χ1) is 15.4. The molecule has 2 aromatic carbocycles. The molecule has 170 valence electrons. The maximum Gasteiger partial charge on any atom is 0.407 e. The third-order valence-corrected chi connectivity index (χ3v) is 5.43. The van der Waals surface area contributed by atoms with Gasteiger partial charge in [0, 0.05) is 18.4 Å². The molecule has 1 aliphatic rings. The number of hydrogen-bond acceptors (Lipinski definition) is 5. The van der Waals surface area contributed by atoms with Crippen LogP contribution in [0.25, 0.3) is 11.1 Å². The molecule has 0 aliphatic heterocycles. The summed E-state index contributed by atoms with van der Waals surface area (Å²) in [5.74, 6) is -1.75. The molecule has 32 heavy (non-hydrogen) atoms. The highest BCUT2D eigenvalue weighted by Crippen LogP contribution is 2.44. The van der Waals surface area contributed by atoms with Gasteiger partial charge >= 0.3 is 12.1 Å². The van der Waals surface area contributed by atoms with E-state index in [-0.39, 0.29) is 18.9 Å². The molecule has 0 fully saturated rings. The predicted octanol–water partition coefficient (Wildman–Crippen LogP) is 3.60. The predicted molar refractivity (Wildman–Crippen MR) is 118 cm³/mol. The zero-order chi connectivity index (χ0) is 23.1. The van der Waals surface area contributed by atoms with E-state index in [4.69, 9.17) is 14.7 Å². The van der Waals surface area contributed by atoms with Gasteiger partial charge in [-0.25, -0.2) is 15.1 Å². The molecule has 0 radical (unpaired) electrons. The number of aliphatic carboxylic acids is 1. The standard InChI is InChI=1S/C24H28N2O6/c1-3-8-16(13-22(27)26-32-15(2)23(28)29)25-24(30)31-14-21-19-11-6-4-9-17(19)18-10-5-7-12-20(18)21/h4-7,9-12,15-16,21H,3,8,13-14H2,1-2H3,(H,25,30)(H,26,27)(H,28,29)/t15?,16-/m1/s1. The SMILES string of the molecule is CCC[C@H](CC(=O)NOC(C)C(=O)O)NC(=O)OCC1c2ccccc2-c2ccccc21. The largest absolute Gasteiger partial charge is 0.479 e. The average Bonchev–Trinajstić information content (AvgIpc) is 3.10. The van der Waals surface area contributed by atoms with Gasteiger partial charge in [-0.1, -0.05) is 61.9 Å². The summed E-state index contributed by atoms with van der Waals surface area (Å²) in [4.78, 5) is 40.1. The summed E-state index contributed by atoms with van der Waals surface area (Å²) in [6, 6.07) is 15.7. The van der Waals surface area contributed by atoms with E-state index in [2.05, 4.69) is 22.9 Å². The van der Waals surface area contributed by atoms with Gasteiger partial charge in [-0.2, -0.15) is 0 Å². The highest BCUT2D eigenvalue weighted by atomic mass is 16.7. The Bertz CT molecular complexity index is 931. The van der Waals surface area contributed by atoms with Gasteiger partial charge in [0.25, 0.3) is 0 Å². The number of carboxylic acid groups (broad SMARTS) is 1. The fourth-order valence-corrected chi connectivity index (χ4v) is 3.85. The van der Waals surface area contributed by atoms with Gasteiger partial charge < -0.3 is 15.2 Å². The van der Waals surface area contributed by atoms with Crippen molar-refractivity contribution in [2.24, 2.45) is 0 Å². The quantitative estimate of drug-likeness (QED) is 0.487. The van der Waals surface area contributed by atoms with Crippen molar-refractivity contribution in [1.29, 1.82) is 0 Å². The lowest BCUT2D eigenvalue weighted by atomic mass is 9.98. The summed E-state index contributed by atoms with van der Waals surface area (Å²) in [5, 5.41) is 11.5. The molecule has 1 aliphatic carbocycles. The smallest absolute Gasteiger partial charge is 0.407 e. The Labute approximate surface area is 186 Å². The fraction of sp³-hybridized carbons (Fsp3) is 0.375. The lowest BCUT2D eigenvalue weighted by molar-refractivity contribution is -0.158. The minimum absolute atomic E-state index is 0.0491. The molecule has 0 saturated carbocycles. The number of carboxylic acids is 1. The van der Waals surface area contributed by atoms with Crippen LogP contribution in [0, 0.1) is 0 Å². The number of rotatable bonds is 10. The molecule has 8 heteroatoms. The third-order valence-electron chi connectivity index (χ3n) is 5.43. The third kappa shape index (κ3) is 5.64. The van der Waals surface area contributed by atoms with E-state index in [1.807, 2.05) is 43.3 Å². The number of fused-ring (bicyclic) bond motifs is 3. The molecule has 0 heterocycles. The van der Waals surface area contributed by atoms with Crippen molar-refractivity contribution in [1.82, 2.24) is 10.8 Å². The van der Waals surface area contributed by atoms with Gasteiger partial charge in [0.15, 0.2) is 6.10 Å².